The van der Waals surface area contributed by atoms with Crippen molar-refractivity contribution < 1.29 is 14.0 Å². The summed E-state index contributed by atoms with van der Waals surface area (Å²) in [7, 11) is 0. The first-order valence-corrected chi connectivity index (χ1v) is 10.7. The largest absolute Gasteiger partial charge is 0.325 e. The van der Waals surface area contributed by atoms with Gasteiger partial charge in [-0.15, -0.1) is 11.3 Å². The maximum atomic E-state index is 13.6. The molecule has 2 aromatic heterocycles. The molecule has 0 aliphatic heterocycles. The minimum atomic E-state index is -0.793. The van der Waals surface area contributed by atoms with E-state index >= 15 is 0 Å². The summed E-state index contributed by atoms with van der Waals surface area (Å²) < 4.78 is 13.6. The van der Waals surface area contributed by atoms with Crippen molar-refractivity contribution in [3.63, 3.8) is 0 Å². The smallest absolute Gasteiger partial charge is 0.305 e. The molecule has 0 unspecified atom stereocenters. The summed E-state index contributed by atoms with van der Waals surface area (Å²) in [5, 5.41) is 8.06. The Morgan fingerprint density at radius 1 is 1.03 bits per heavy atom. The van der Waals surface area contributed by atoms with Crippen LogP contribution in [-0.4, -0.2) is 27.7 Å². The number of benzene rings is 2. The summed E-state index contributed by atoms with van der Waals surface area (Å²) in [4.78, 5) is 33.6. The third kappa shape index (κ3) is 4.47. The standard InChI is InChI=1S/C21H15FN4O2S2/c22-15-8-4-5-9-16(15)25-21(28)26-17(27)11-30-20-18-14(13-6-2-1-3-7-13)10-29-19(18)23-12-24-20/h1-10,12H,11H2,(H2,25,26,27,28). The van der Waals surface area contributed by atoms with Crippen molar-refractivity contribution in [3.05, 3.63) is 72.1 Å². The van der Waals surface area contributed by atoms with Crippen LogP contribution in [0.4, 0.5) is 14.9 Å². The number of amides is 3. The highest BCUT2D eigenvalue weighted by atomic mass is 32.2. The van der Waals surface area contributed by atoms with Gasteiger partial charge in [0, 0.05) is 10.9 Å². The van der Waals surface area contributed by atoms with Gasteiger partial charge in [-0.05, 0) is 17.7 Å². The van der Waals surface area contributed by atoms with E-state index in [0.29, 0.717) is 5.03 Å². The predicted molar refractivity (Wildman–Crippen MR) is 117 cm³/mol. The van der Waals surface area contributed by atoms with Gasteiger partial charge >= 0.3 is 6.03 Å². The molecular weight excluding hydrogens is 423 g/mol. The van der Waals surface area contributed by atoms with Crippen LogP contribution in [0.3, 0.4) is 0 Å². The fourth-order valence-electron chi connectivity index (χ4n) is 2.80. The Kier molecular flexibility index (Phi) is 6.01. The van der Waals surface area contributed by atoms with E-state index in [1.807, 2.05) is 35.7 Å². The minimum Gasteiger partial charge on any atom is -0.305 e. The van der Waals surface area contributed by atoms with Crippen molar-refractivity contribution in [2.45, 2.75) is 5.03 Å². The van der Waals surface area contributed by atoms with Crippen LogP contribution in [0.2, 0.25) is 0 Å². The van der Waals surface area contributed by atoms with Crippen LogP contribution in [0.1, 0.15) is 0 Å². The van der Waals surface area contributed by atoms with Gasteiger partial charge < -0.3 is 5.32 Å². The molecule has 3 amide bonds. The highest BCUT2D eigenvalue weighted by Gasteiger charge is 2.16. The fraction of sp³-hybridized carbons (Fsp3) is 0.0476. The lowest BCUT2D eigenvalue weighted by Crippen LogP contribution is -2.35. The Labute approximate surface area is 179 Å². The van der Waals surface area contributed by atoms with Crippen molar-refractivity contribution in [1.82, 2.24) is 15.3 Å². The first-order chi connectivity index (χ1) is 14.6. The molecule has 0 spiro atoms. The molecule has 4 rings (SSSR count). The number of hydrogen-bond acceptors (Lipinski definition) is 6. The van der Waals surface area contributed by atoms with E-state index in [9.17, 15) is 14.0 Å². The predicted octanol–water partition coefficient (Wildman–Crippen LogP) is 4.94. The molecule has 2 aromatic carbocycles. The Hall–Kier alpha value is -3.30. The Morgan fingerprint density at radius 3 is 2.60 bits per heavy atom. The molecule has 4 aromatic rings. The number of imide groups is 1. The second kappa shape index (κ2) is 9.02. The lowest BCUT2D eigenvalue weighted by molar-refractivity contribution is -0.117. The molecule has 0 aliphatic rings. The maximum absolute atomic E-state index is 13.6. The van der Waals surface area contributed by atoms with Gasteiger partial charge in [0.15, 0.2) is 0 Å². The van der Waals surface area contributed by atoms with Crippen molar-refractivity contribution in [3.8, 4) is 11.1 Å². The molecule has 0 bridgehead atoms. The second-order valence-electron chi connectivity index (χ2n) is 6.15. The van der Waals surface area contributed by atoms with E-state index in [0.717, 1.165) is 21.3 Å². The topological polar surface area (TPSA) is 84.0 Å². The first kappa shape index (κ1) is 20.0. The number of para-hydroxylation sites is 1. The van der Waals surface area contributed by atoms with Crippen molar-refractivity contribution in [1.29, 1.82) is 0 Å². The van der Waals surface area contributed by atoms with Crippen LogP contribution in [0, 0.1) is 5.82 Å². The molecule has 6 nitrogen and oxygen atoms in total. The quantitative estimate of drug-likeness (QED) is 0.341. The van der Waals surface area contributed by atoms with Crippen molar-refractivity contribution in [2.24, 2.45) is 0 Å². The normalized spacial score (nSPS) is 10.7. The molecule has 150 valence electrons. The summed E-state index contributed by atoms with van der Waals surface area (Å²) in [5.74, 6) is -1.12. The number of halogens is 1. The number of nitrogens with one attached hydrogen (secondary N) is 2. The number of thiophene rings is 1. The van der Waals surface area contributed by atoms with Gasteiger partial charge in [-0.3, -0.25) is 10.1 Å². The third-order valence-electron chi connectivity index (χ3n) is 4.14. The summed E-state index contributed by atoms with van der Waals surface area (Å²) >= 11 is 2.72. The lowest BCUT2D eigenvalue weighted by Gasteiger charge is -2.08. The van der Waals surface area contributed by atoms with Gasteiger partial charge in [-0.25, -0.2) is 19.2 Å². The van der Waals surface area contributed by atoms with E-state index in [1.54, 1.807) is 6.07 Å². The van der Waals surface area contributed by atoms with Crippen LogP contribution < -0.4 is 10.6 Å². The van der Waals surface area contributed by atoms with Crippen LogP contribution >= 0.6 is 23.1 Å². The van der Waals surface area contributed by atoms with Gasteiger partial charge in [0.25, 0.3) is 0 Å². The summed E-state index contributed by atoms with van der Waals surface area (Å²) in [6.45, 7) is 0. The zero-order valence-corrected chi connectivity index (χ0v) is 17.1. The van der Waals surface area contributed by atoms with E-state index in [2.05, 4.69) is 20.6 Å². The van der Waals surface area contributed by atoms with Crippen molar-refractivity contribution >= 4 is 50.9 Å². The van der Waals surface area contributed by atoms with Gasteiger partial charge in [0.1, 0.15) is 22.0 Å². The molecule has 0 saturated heterocycles. The van der Waals surface area contributed by atoms with Crippen LogP contribution in [0.5, 0.6) is 0 Å². The number of thioether (sulfide) groups is 1. The zero-order chi connectivity index (χ0) is 20.9. The third-order valence-corrected chi connectivity index (χ3v) is 6.01. The van der Waals surface area contributed by atoms with Crippen molar-refractivity contribution in [2.75, 3.05) is 11.1 Å². The van der Waals surface area contributed by atoms with Gasteiger partial charge in [0.2, 0.25) is 5.91 Å². The molecule has 2 N–H and O–H groups in total. The molecule has 0 atom stereocenters. The molecule has 0 fully saturated rings. The Balaban J connectivity index is 1.45. The number of nitrogens with zero attached hydrogens (tertiary/aromatic N) is 2. The van der Waals surface area contributed by atoms with E-state index in [-0.39, 0.29) is 11.4 Å². The molecule has 0 aliphatic carbocycles. The van der Waals surface area contributed by atoms with E-state index < -0.39 is 17.8 Å². The second-order valence-corrected chi connectivity index (χ2v) is 7.97. The average Bonchev–Trinajstić information content (AvgIpc) is 3.19. The number of hydrogen-bond donors (Lipinski definition) is 2. The number of carbonyl (C=O) groups is 2. The molecule has 0 radical (unpaired) electrons. The fourth-order valence-corrected chi connectivity index (χ4v) is 4.59. The van der Waals surface area contributed by atoms with Crippen LogP contribution in [0.25, 0.3) is 21.3 Å². The summed E-state index contributed by atoms with van der Waals surface area (Å²) in [5.41, 5.74) is 2.03. The van der Waals surface area contributed by atoms with E-state index in [1.165, 1.54) is 47.6 Å². The Bertz CT molecular complexity index is 1210. The molecule has 9 heteroatoms. The van der Waals surface area contributed by atoms with Crippen LogP contribution in [0.15, 0.2) is 71.3 Å². The summed E-state index contributed by atoms with van der Waals surface area (Å²) in [6.07, 6.45) is 1.46. The number of carbonyl (C=O) groups excluding carboxylic acids is 2. The monoisotopic (exact) mass is 438 g/mol. The SMILES string of the molecule is O=C(CSc1ncnc2scc(-c3ccccc3)c12)NC(=O)Nc1ccccc1F. The molecule has 0 saturated carbocycles. The summed E-state index contributed by atoms with van der Waals surface area (Å²) in [6, 6.07) is 14.8. The number of aromatic nitrogens is 2. The van der Waals surface area contributed by atoms with Gasteiger partial charge in [-0.2, -0.15) is 0 Å². The highest BCUT2D eigenvalue weighted by molar-refractivity contribution is 8.00. The van der Waals surface area contributed by atoms with Gasteiger partial charge in [-0.1, -0.05) is 54.2 Å². The maximum Gasteiger partial charge on any atom is 0.325 e. The zero-order valence-electron chi connectivity index (χ0n) is 15.5. The lowest BCUT2D eigenvalue weighted by atomic mass is 10.1. The van der Waals surface area contributed by atoms with Gasteiger partial charge in [0.05, 0.1) is 16.8 Å². The highest BCUT2D eigenvalue weighted by Crippen LogP contribution is 2.37. The molecule has 30 heavy (non-hydrogen) atoms. The number of rotatable bonds is 5. The Morgan fingerprint density at radius 2 is 1.80 bits per heavy atom. The van der Waals surface area contributed by atoms with Crippen LogP contribution in [-0.2, 0) is 4.79 Å². The number of anilines is 1. The molecular formula is C21H15FN4O2S2. The number of urea groups is 1. The minimum absolute atomic E-state index is 0.00117. The molecule has 2 heterocycles. The average molecular weight is 439 g/mol. The van der Waals surface area contributed by atoms with E-state index in [4.69, 9.17) is 0 Å². The first-order valence-electron chi connectivity index (χ1n) is 8.87. The number of fused-ring (bicyclic) bond motifs is 1.